The minimum Gasteiger partial charge on any atom is -0.326 e. The van der Waals surface area contributed by atoms with Crippen LogP contribution in [-0.2, 0) is 6.54 Å². The summed E-state index contributed by atoms with van der Waals surface area (Å²) in [7, 11) is 0. The van der Waals surface area contributed by atoms with Gasteiger partial charge in [0.1, 0.15) is 0 Å². The van der Waals surface area contributed by atoms with Crippen LogP contribution in [0.2, 0.25) is 0 Å². The Morgan fingerprint density at radius 3 is 2.52 bits per heavy atom. The maximum Gasteiger partial charge on any atom is 0.274 e. The molecule has 0 spiro atoms. The van der Waals surface area contributed by atoms with Gasteiger partial charge in [-0.1, -0.05) is 48.5 Å². The summed E-state index contributed by atoms with van der Waals surface area (Å²) in [6.07, 6.45) is 3.46. The molecular formula is C16H13N3O2. The van der Waals surface area contributed by atoms with Crippen LogP contribution in [0.5, 0.6) is 0 Å². The first-order valence-electron chi connectivity index (χ1n) is 6.53. The van der Waals surface area contributed by atoms with Crippen LogP contribution in [0.3, 0.4) is 0 Å². The van der Waals surface area contributed by atoms with Gasteiger partial charge in [0.05, 0.1) is 29.7 Å². The lowest BCUT2D eigenvalue weighted by molar-refractivity contribution is -0.385. The van der Waals surface area contributed by atoms with E-state index in [4.69, 9.17) is 0 Å². The third-order valence-electron chi connectivity index (χ3n) is 3.31. The lowest BCUT2D eigenvalue weighted by Crippen LogP contribution is -2.03. The highest BCUT2D eigenvalue weighted by Gasteiger charge is 2.14. The van der Waals surface area contributed by atoms with Gasteiger partial charge in [-0.3, -0.25) is 10.1 Å². The molecule has 21 heavy (non-hydrogen) atoms. The molecule has 0 amide bonds. The van der Waals surface area contributed by atoms with Crippen LogP contribution in [0.1, 0.15) is 5.56 Å². The average Bonchev–Trinajstić information content (AvgIpc) is 2.96. The van der Waals surface area contributed by atoms with E-state index in [0.29, 0.717) is 12.1 Å². The van der Waals surface area contributed by atoms with Crippen molar-refractivity contribution in [1.29, 1.82) is 0 Å². The molecule has 104 valence electrons. The summed E-state index contributed by atoms with van der Waals surface area (Å²) in [4.78, 5) is 14.9. The molecule has 3 aromatic rings. The first-order chi connectivity index (χ1) is 10.3. The zero-order valence-electron chi connectivity index (χ0n) is 11.2. The van der Waals surface area contributed by atoms with Crippen LogP contribution in [0.4, 0.5) is 5.69 Å². The molecule has 2 aromatic carbocycles. The van der Waals surface area contributed by atoms with E-state index in [1.54, 1.807) is 30.7 Å². The normalized spacial score (nSPS) is 10.5. The van der Waals surface area contributed by atoms with Crippen LogP contribution in [0.25, 0.3) is 11.3 Å². The monoisotopic (exact) mass is 279 g/mol. The molecule has 0 unspecified atom stereocenters. The number of hydrogen-bond donors (Lipinski definition) is 0. The van der Waals surface area contributed by atoms with E-state index in [2.05, 4.69) is 4.98 Å². The second-order valence-corrected chi connectivity index (χ2v) is 4.66. The van der Waals surface area contributed by atoms with Gasteiger partial charge in [-0.15, -0.1) is 0 Å². The van der Waals surface area contributed by atoms with Crippen molar-refractivity contribution in [2.45, 2.75) is 6.54 Å². The number of nitro groups is 1. The molecule has 1 aromatic heterocycles. The Hall–Kier alpha value is -2.95. The predicted molar refractivity (Wildman–Crippen MR) is 79.9 cm³/mol. The highest BCUT2D eigenvalue weighted by Crippen LogP contribution is 2.23. The number of para-hydroxylation sites is 1. The number of nitrogens with zero attached hydrogens (tertiary/aromatic N) is 3. The van der Waals surface area contributed by atoms with Crippen molar-refractivity contribution in [3.63, 3.8) is 0 Å². The van der Waals surface area contributed by atoms with Gasteiger partial charge in [-0.2, -0.15) is 0 Å². The van der Waals surface area contributed by atoms with E-state index in [-0.39, 0.29) is 10.6 Å². The molecule has 0 fully saturated rings. The Labute approximate surface area is 121 Å². The largest absolute Gasteiger partial charge is 0.326 e. The highest BCUT2D eigenvalue weighted by atomic mass is 16.6. The molecule has 0 aliphatic rings. The minimum absolute atomic E-state index is 0.130. The van der Waals surface area contributed by atoms with Gasteiger partial charge in [0.15, 0.2) is 0 Å². The molecule has 0 aliphatic carbocycles. The summed E-state index contributed by atoms with van der Waals surface area (Å²) in [5, 5.41) is 11.1. The summed E-state index contributed by atoms with van der Waals surface area (Å²) >= 11 is 0. The van der Waals surface area contributed by atoms with Crippen LogP contribution in [0.15, 0.2) is 67.1 Å². The summed E-state index contributed by atoms with van der Waals surface area (Å²) in [5.41, 5.74) is 2.77. The minimum atomic E-state index is -0.353. The number of aromatic nitrogens is 2. The van der Waals surface area contributed by atoms with Gasteiger partial charge < -0.3 is 4.57 Å². The standard InChI is InChI=1S/C16H13N3O2/c20-19(21)15-9-5-4-8-14(15)11-18-12-17-10-16(18)13-6-2-1-3-7-13/h1-10,12H,11H2. The molecule has 5 nitrogen and oxygen atoms in total. The lowest BCUT2D eigenvalue weighted by Gasteiger charge is -2.08. The van der Waals surface area contributed by atoms with Crippen LogP contribution < -0.4 is 0 Å². The maximum absolute atomic E-state index is 11.1. The first kappa shape index (κ1) is 13.1. The van der Waals surface area contributed by atoms with Crippen molar-refractivity contribution in [2.75, 3.05) is 0 Å². The second-order valence-electron chi connectivity index (χ2n) is 4.66. The first-order valence-corrected chi connectivity index (χ1v) is 6.53. The molecule has 0 saturated carbocycles. The van der Waals surface area contributed by atoms with Gasteiger partial charge in [-0.05, 0) is 5.56 Å². The molecule has 0 aliphatic heterocycles. The summed E-state index contributed by atoms with van der Waals surface area (Å²) < 4.78 is 1.91. The number of hydrogen-bond acceptors (Lipinski definition) is 3. The Balaban J connectivity index is 1.98. The SMILES string of the molecule is O=[N+]([O-])c1ccccc1Cn1cncc1-c1ccccc1. The number of benzene rings is 2. The van der Waals surface area contributed by atoms with Gasteiger partial charge in [-0.25, -0.2) is 4.98 Å². The Morgan fingerprint density at radius 1 is 1.05 bits per heavy atom. The molecule has 1 heterocycles. The molecule has 0 saturated heterocycles. The number of imidazole rings is 1. The van der Waals surface area contributed by atoms with E-state index in [9.17, 15) is 10.1 Å². The quantitative estimate of drug-likeness (QED) is 0.542. The van der Waals surface area contributed by atoms with E-state index in [1.807, 2.05) is 34.9 Å². The van der Waals surface area contributed by atoms with Crippen molar-refractivity contribution < 1.29 is 4.92 Å². The lowest BCUT2D eigenvalue weighted by atomic mass is 10.1. The molecule has 0 radical (unpaired) electrons. The van der Waals surface area contributed by atoms with Gasteiger partial charge >= 0.3 is 0 Å². The van der Waals surface area contributed by atoms with Gasteiger partial charge in [0, 0.05) is 11.6 Å². The number of nitro benzene ring substituents is 1. The fraction of sp³-hybridized carbons (Fsp3) is 0.0625. The summed E-state index contributed by atoms with van der Waals surface area (Å²) in [6, 6.07) is 16.6. The Morgan fingerprint density at radius 2 is 1.76 bits per heavy atom. The fourth-order valence-electron chi connectivity index (χ4n) is 2.30. The average molecular weight is 279 g/mol. The van der Waals surface area contributed by atoms with Crippen molar-refractivity contribution in [3.8, 4) is 11.3 Å². The molecule has 5 heteroatoms. The Kier molecular flexibility index (Phi) is 3.47. The highest BCUT2D eigenvalue weighted by molar-refractivity contribution is 5.59. The fourth-order valence-corrected chi connectivity index (χ4v) is 2.30. The zero-order valence-corrected chi connectivity index (χ0v) is 11.2. The molecule has 0 bridgehead atoms. The predicted octanol–water partition coefficient (Wildman–Crippen LogP) is 3.51. The third kappa shape index (κ3) is 2.67. The van der Waals surface area contributed by atoms with Crippen LogP contribution in [-0.4, -0.2) is 14.5 Å². The zero-order chi connectivity index (χ0) is 14.7. The molecule has 0 atom stereocenters. The van der Waals surface area contributed by atoms with Crippen LogP contribution in [0, 0.1) is 10.1 Å². The van der Waals surface area contributed by atoms with E-state index >= 15 is 0 Å². The van der Waals surface area contributed by atoms with Crippen molar-refractivity contribution in [3.05, 3.63) is 82.8 Å². The number of rotatable bonds is 4. The smallest absolute Gasteiger partial charge is 0.274 e. The maximum atomic E-state index is 11.1. The van der Waals surface area contributed by atoms with Gasteiger partial charge in [0.2, 0.25) is 0 Å². The van der Waals surface area contributed by atoms with Crippen molar-refractivity contribution >= 4 is 5.69 Å². The van der Waals surface area contributed by atoms with E-state index < -0.39 is 0 Å². The molecular weight excluding hydrogens is 266 g/mol. The molecule has 3 rings (SSSR count). The van der Waals surface area contributed by atoms with Gasteiger partial charge in [0.25, 0.3) is 5.69 Å². The summed E-state index contributed by atoms with van der Waals surface area (Å²) in [5.74, 6) is 0. The summed E-state index contributed by atoms with van der Waals surface area (Å²) in [6.45, 7) is 0.418. The van der Waals surface area contributed by atoms with Crippen LogP contribution >= 0.6 is 0 Å². The van der Waals surface area contributed by atoms with Crippen molar-refractivity contribution in [1.82, 2.24) is 9.55 Å². The second kappa shape index (κ2) is 5.58. The van der Waals surface area contributed by atoms with Crippen molar-refractivity contribution in [2.24, 2.45) is 0 Å². The van der Waals surface area contributed by atoms with E-state index in [0.717, 1.165) is 11.3 Å². The van der Waals surface area contributed by atoms with E-state index in [1.165, 1.54) is 6.07 Å². The topological polar surface area (TPSA) is 61.0 Å². The molecule has 0 N–H and O–H groups in total. The third-order valence-corrected chi connectivity index (χ3v) is 3.31. The Bertz CT molecular complexity index is 766.